The summed E-state index contributed by atoms with van der Waals surface area (Å²) in [6, 6.07) is 17.1. The lowest BCUT2D eigenvalue weighted by atomic mass is 10.1. The topological polar surface area (TPSA) is 88.2 Å². The van der Waals surface area contributed by atoms with E-state index in [0.717, 1.165) is 5.56 Å². The molecule has 0 saturated carbocycles. The molecule has 0 atom stereocenters. The first-order valence-electron chi connectivity index (χ1n) is 10.8. The van der Waals surface area contributed by atoms with Crippen molar-refractivity contribution in [3.63, 3.8) is 0 Å². The minimum atomic E-state index is -0.449. The van der Waals surface area contributed by atoms with Gasteiger partial charge in [-0.25, -0.2) is 19.2 Å². The van der Waals surface area contributed by atoms with Gasteiger partial charge in [0.05, 0.1) is 12.1 Å². The van der Waals surface area contributed by atoms with Crippen LogP contribution < -0.4 is 20.7 Å². The number of rotatable bonds is 8. The van der Waals surface area contributed by atoms with E-state index in [1.807, 2.05) is 24.3 Å². The summed E-state index contributed by atoms with van der Waals surface area (Å²) in [7, 11) is 0. The molecule has 4 rings (SSSR count). The minimum Gasteiger partial charge on any atom is -0.491 e. The first kappa shape index (κ1) is 23.3. The van der Waals surface area contributed by atoms with E-state index in [0.29, 0.717) is 52.7 Å². The van der Waals surface area contributed by atoms with Gasteiger partial charge in [-0.15, -0.1) is 0 Å². The molecule has 0 unspecified atom stereocenters. The fourth-order valence-electron chi connectivity index (χ4n) is 3.40. The Bertz CT molecular complexity index is 1300. The molecule has 3 N–H and O–H groups in total. The first-order chi connectivity index (χ1) is 16.5. The SMILES string of the molecule is CCOc1cc2ncnc(NCCc3ccc(NC(=O)Nc4cccc(Cl)c4)cc3)c2cc1F. The number of ether oxygens (including phenoxy) is 1. The van der Waals surface area contributed by atoms with E-state index in [9.17, 15) is 9.18 Å². The van der Waals surface area contributed by atoms with Crippen LogP contribution in [-0.2, 0) is 6.42 Å². The van der Waals surface area contributed by atoms with Gasteiger partial charge in [0.2, 0.25) is 0 Å². The van der Waals surface area contributed by atoms with Crippen LogP contribution in [0, 0.1) is 5.82 Å². The number of amides is 2. The van der Waals surface area contributed by atoms with Gasteiger partial charge >= 0.3 is 6.03 Å². The fourth-order valence-corrected chi connectivity index (χ4v) is 3.59. The minimum absolute atomic E-state index is 0.176. The van der Waals surface area contributed by atoms with Crippen molar-refractivity contribution in [2.45, 2.75) is 13.3 Å². The average Bonchev–Trinajstić information content (AvgIpc) is 2.81. The molecular weight excluding hydrogens is 457 g/mol. The molecule has 3 aromatic carbocycles. The van der Waals surface area contributed by atoms with Crippen molar-refractivity contribution in [2.24, 2.45) is 0 Å². The highest BCUT2D eigenvalue weighted by Gasteiger charge is 2.10. The Balaban J connectivity index is 1.32. The molecule has 0 spiro atoms. The Morgan fingerprint density at radius 1 is 1.03 bits per heavy atom. The number of carbonyl (C=O) groups is 1. The quantitative estimate of drug-likeness (QED) is 0.283. The van der Waals surface area contributed by atoms with Crippen LogP contribution in [0.4, 0.5) is 26.4 Å². The van der Waals surface area contributed by atoms with Crippen LogP contribution in [0.1, 0.15) is 12.5 Å². The van der Waals surface area contributed by atoms with Crippen LogP contribution >= 0.6 is 11.6 Å². The Labute approximate surface area is 201 Å². The predicted octanol–water partition coefficient (Wildman–Crippen LogP) is 6.12. The molecule has 174 valence electrons. The van der Waals surface area contributed by atoms with Gasteiger partial charge in [0.1, 0.15) is 12.1 Å². The van der Waals surface area contributed by atoms with Crippen molar-refractivity contribution in [3.05, 3.63) is 83.4 Å². The third-order valence-electron chi connectivity index (χ3n) is 4.99. The summed E-state index contributed by atoms with van der Waals surface area (Å²) in [4.78, 5) is 20.6. The van der Waals surface area contributed by atoms with Gasteiger partial charge in [-0.2, -0.15) is 0 Å². The Morgan fingerprint density at radius 3 is 2.59 bits per heavy atom. The van der Waals surface area contributed by atoms with Gasteiger partial charge < -0.3 is 20.7 Å². The summed E-state index contributed by atoms with van der Waals surface area (Å²) in [6.07, 6.45) is 2.15. The average molecular weight is 480 g/mol. The van der Waals surface area contributed by atoms with Crippen molar-refractivity contribution in [3.8, 4) is 5.75 Å². The molecule has 7 nitrogen and oxygen atoms in total. The Morgan fingerprint density at radius 2 is 1.82 bits per heavy atom. The predicted molar refractivity (Wildman–Crippen MR) is 133 cm³/mol. The second kappa shape index (κ2) is 10.8. The summed E-state index contributed by atoms with van der Waals surface area (Å²) in [5.41, 5.74) is 2.95. The maximum atomic E-state index is 14.3. The number of fused-ring (bicyclic) bond motifs is 1. The summed E-state index contributed by atoms with van der Waals surface area (Å²) in [5.74, 6) is 0.284. The number of aromatic nitrogens is 2. The highest BCUT2D eigenvalue weighted by molar-refractivity contribution is 6.30. The number of anilines is 3. The molecular formula is C25H23ClFN5O2. The number of nitrogens with zero attached hydrogens (tertiary/aromatic N) is 2. The van der Waals surface area contributed by atoms with Gasteiger partial charge in [-0.3, -0.25) is 0 Å². The molecule has 0 radical (unpaired) electrons. The monoisotopic (exact) mass is 479 g/mol. The molecule has 0 fully saturated rings. The lowest BCUT2D eigenvalue weighted by Crippen LogP contribution is -2.19. The van der Waals surface area contributed by atoms with E-state index in [4.69, 9.17) is 16.3 Å². The lowest BCUT2D eigenvalue weighted by Gasteiger charge is -2.11. The van der Waals surface area contributed by atoms with Crippen molar-refractivity contribution >= 4 is 45.7 Å². The molecule has 34 heavy (non-hydrogen) atoms. The van der Waals surface area contributed by atoms with Gasteiger partial charge in [0.25, 0.3) is 0 Å². The van der Waals surface area contributed by atoms with Crippen molar-refractivity contribution in [2.75, 3.05) is 29.1 Å². The molecule has 0 bridgehead atoms. The standard InChI is InChI=1S/C25H23ClFN5O2/c1-2-34-23-14-22-20(13-21(23)27)24(30-15-29-22)28-11-10-16-6-8-18(9-7-16)31-25(33)32-19-5-3-4-17(26)12-19/h3-9,12-15H,2,10-11H2,1H3,(H,28,29,30)(H2,31,32,33). The molecule has 1 aromatic heterocycles. The van der Waals surface area contributed by atoms with E-state index in [-0.39, 0.29) is 11.8 Å². The van der Waals surface area contributed by atoms with Crippen LogP contribution in [0.15, 0.2) is 67.0 Å². The molecule has 0 aliphatic rings. The normalized spacial score (nSPS) is 10.7. The molecule has 9 heteroatoms. The van der Waals surface area contributed by atoms with Crippen LogP contribution in [0.3, 0.4) is 0 Å². The Kier molecular flexibility index (Phi) is 7.39. The highest BCUT2D eigenvalue weighted by Crippen LogP contribution is 2.27. The first-order valence-corrected chi connectivity index (χ1v) is 11.1. The van der Waals surface area contributed by atoms with E-state index in [1.165, 1.54) is 12.4 Å². The zero-order valence-corrected chi connectivity index (χ0v) is 19.2. The number of benzene rings is 3. The van der Waals surface area contributed by atoms with Crippen LogP contribution in [0.5, 0.6) is 5.75 Å². The van der Waals surface area contributed by atoms with E-state index in [2.05, 4.69) is 25.9 Å². The van der Waals surface area contributed by atoms with Crippen molar-refractivity contribution < 1.29 is 13.9 Å². The van der Waals surface area contributed by atoms with Crippen molar-refractivity contribution in [1.82, 2.24) is 9.97 Å². The van der Waals surface area contributed by atoms with Gasteiger partial charge in [0.15, 0.2) is 11.6 Å². The highest BCUT2D eigenvalue weighted by atomic mass is 35.5. The van der Waals surface area contributed by atoms with Crippen LogP contribution in [0.2, 0.25) is 5.02 Å². The van der Waals surface area contributed by atoms with Crippen LogP contribution in [-0.4, -0.2) is 29.2 Å². The third kappa shape index (κ3) is 5.90. The molecule has 0 saturated heterocycles. The van der Waals surface area contributed by atoms with Gasteiger partial charge in [0, 0.05) is 34.4 Å². The van der Waals surface area contributed by atoms with E-state index in [1.54, 1.807) is 37.3 Å². The fraction of sp³-hybridized carbons (Fsp3) is 0.160. The van der Waals surface area contributed by atoms with Gasteiger partial charge in [-0.1, -0.05) is 29.8 Å². The number of nitrogens with one attached hydrogen (secondary N) is 3. The number of hydrogen-bond donors (Lipinski definition) is 3. The van der Waals surface area contributed by atoms with Gasteiger partial charge in [-0.05, 0) is 55.3 Å². The zero-order valence-electron chi connectivity index (χ0n) is 18.4. The summed E-state index contributed by atoms with van der Waals surface area (Å²) >= 11 is 5.93. The van der Waals surface area contributed by atoms with Crippen molar-refractivity contribution in [1.29, 1.82) is 0 Å². The number of hydrogen-bond acceptors (Lipinski definition) is 5. The maximum Gasteiger partial charge on any atom is 0.323 e. The molecule has 4 aromatic rings. The summed E-state index contributed by atoms with van der Waals surface area (Å²) in [6.45, 7) is 2.76. The summed E-state index contributed by atoms with van der Waals surface area (Å²) in [5, 5.41) is 9.91. The van der Waals surface area contributed by atoms with Crippen LogP contribution in [0.25, 0.3) is 10.9 Å². The lowest BCUT2D eigenvalue weighted by molar-refractivity contribution is 0.262. The smallest absolute Gasteiger partial charge is 0.323 e. The number of urea groups is 1. The largest absolute Gasteiger partial charge is 0.491 e. The number of halogens is 2. The van der Waals surface area contributed by atoms with E-state index < -0.39 is 5.82 Å². The zero-order chi connectivity index (χ0) is 23.9. The molecule has 0 aliphatic carbocycles. The second-order valence-electron chi connectivity index (χ2n) is 7.42. The maximum absolute atomic E-state index is 14.3. The van der Waals surface area contributed by atoms with E-state index >= 15 is 0 Å². The molecule has 2 amide bonds. The third-order valence-corrected chi connectivity index (χ3v) is 5.22. The Hall–Kier alpha value is -3.91. The molecule has 0 aliphatic heterocycles. The second-order valence-corrected chi connectivity index (χ2v) is 7.85. The number of carbonyl (C=O) groups excluding carboxylic acids is 1. The molecule has 1 heterocycles. The summed E-state index contributed by atoms with van der Waals surface area (Å²) < 4.78 is 19.6.